The van der Waals surface area contributed by atoms with Crippen molar-refractivity contribution in [3.63, 3.8) is 0 Å². The Morgan fingerprint density at radius 3 is 2.53 bits per heavy atom. The number of carbonyl (C=O) groups is 1. The number of piperidine rings is 1. The van der Waals surface area contributed by atoms with E-state index in [4.69, 9.17) is 9.47 Å². The van der Waals surface area contributed by atoms with Crippen LogP contribution in [0.1, 0.15) is 36.9 Å². The molecule has 0 saturated carbocycles. The van der Waals surface area contributed by atoms with Crippen LogP contribution in [0.4, 0.5) is 0 Å². The van der Waals surface area contributed by atoms with Gasteiger partial charge in [-0.2, -0.15) is 0 Å². The summed E-state index contributed by atoms with van der Waals surface area (Å²) in [6.45, 7) is 4.81. The van der Waals surface area contributed by atoms with Crippen LogP contribution in [-0.2, 0) is 18.4 Å². The number of amides is 1. The summed E-state index contributed by atoms with van der Waals surface area (Å²) in [5, 5.41) is 4.51. The largest absolute Gasteiger partial charge is 0.493 e. The van der Waals surface area contributed by atoms with E-state index in [1.807, 2.05) is 25.1 Å². The Morgan fingerprint density at radius 2 is 1.81 bits per heavy atom. The molecule has 4 rings (SSSR count). The van der Waals surface area contributed by atoms with Crippen molar-refractivity contribution in [2.45, 2.75) is 32.4 Å². The van der Waals surface area contributed by atoms with E-state index in [0.717, 1.165) is 38.0 Å². The van der Waals surface area contributed by atoms with Crippen LogP contribution >= 0.6 is 0 Å². The highest BCUT2D eigenvalue weighted by Crippen LogP contribution is 2.30. The summed E-state index contributed by atoms with van der Waals surface area (Å²) >= 11 is 0. The smallest absolute Gasteiger partial charge is 0.223 e. The number of ether oxygens (including phenoxy) is 2. The third-order valence-corrected chi connectivity index (χ3v) is 6.60. The lowest BCUT2D eigenvalue weighted by Gasteiger charge is -2.31. The third kappa shape index (κ3) is 4.60. The van der Waals surface area contributed by atoms with E-state index >= 15 is 0 Å². The van der Waals surface area contributed by atoms with Crippen molar-refractivity contribution < 1.29 is 14.3 Å². The third-order valence-electron chi connectivity index (χ3n) is 6.60. The number of hydrogen-bond acceptors (Lipinski definition) is 4. The van der Waals surface area contributed by atoms with Crippen LogP contribution in [0.25, 0.3) is 10.9 Å². The van der Waals surface area contributed by atoms with Crippen LogP contribution in [0.5, 0.6) is 11.5 Å². The molecule has 1 atom stereocenters. The Hall–Kier alpha value is -2.99. The topological polar surface area (TPSA) is 55.7 Å². The van der Waals surface area contributed by atoms with Crippen molar-refractivity contribution in [2.24, 2.45) is 13.0 Å². The maximum atomic E-state index is 12.9. The number of rotatable bonds is 7. The highest BCUT2D eigenvalue weighted by atomic mass is 16.5. The van der Waals surface area contributed by atoms with Gasteiger partial charge in [0, 0.05) is 36.6 Å². The first kappa shape index (κ1) is 22.2. The van der Waals surface area contributed by atoms with Gasteiger partial charge in [-0.1, -0.05) is 24.3 Å². The zero-order valence-electron chi connectivity index (χ0n) is 19.4. The molecule has 1 N–H and O–H groups in total. The van der Waals surface area contributed by atoms with E-state index < -0.39 is 0 Å². The molecule has 1 aliphatic rings. The number of para-hydroxylation sites is 1. The van der Waals surface area contributed by atoms with E-state index in [2.05, 4.69) is 52.3 Å². The first-order valence-electron chi connectivity index (χ1n) is 11.3. The van der Waals surface area contributed by atoms with Crippen molar-refractivity contribution in [3.8, 4) is 11.5 Å². The van der Waals surface area contributed by atoms with E-state index in [1.54, 1.807) is 14.2 Å². The minimum atomic E-state index is -0.0870. The summed E-state index contributed by atoms with van der Waals surface area (Å²) in [5.41, 5.74) is 3.62. The number of carbonyl (C=O) groups excluding carboxylic acids is 1. The highest BCUT2D eigenvalue weighted by Gasteiger charge is 2.26. The molecule has 0 spiro atoms. The number of fused-ring (bicyclic) bond motifs is 1. The first-order chi connectivity index (χ1) is 15.5. The Kier molecular flexibility index (Phi) is 6.70. The fourth-order valence-corrected chi connectivity index (χ4v) is 4.68. The fraction of sp³-hybridized carbons (Fsp3) is 0.423. The maximum absolute atomic E-state index is 12.9. The minimum Gasteiger partial charge on any atom is -0.493 e. The van der Waals surface area contributed by atoms with Crippen LogP contribution in [0.3, 0.4) is 0 Å². The second kappa shape index (κ2) is 9.65. The molecule has 3 aromatic rings. The van der Waals surface area contributed by atoms with Gasteiger partial charge in [-0.15, -0.1) is 0 Å². The summed E-state index contributed by atoms with van der Waals surface area (Å²) in [5.74, 6) is 1.56. The maximum Gasteiger partial charge on any atom is 0.223 e. The summed E-state index contributed by atoms with van der Waals surface area (Å²) < 4.78 is 12.9. The molecule has 6 heteroatoms. The van der Waals surface area contributed by atoms with Crippen molar-refractivity contribution >= 4 is 16.8 Å². The van der Waals surface area contributed by atoms with Crippen molar-refractivity contribution in [1.29, 1.82) is 0 Å². The molecular weight excluding hydrogens is 402 g/mol. The van der Waals surface area contributed by atoms with E-state index in [9.17, 15) is 4.79 Å². The SMILES string of the molecule is COc1ccc([C@H](C)NC(=O)C2CCN(Cc3cn(C)c4ccccc34)CC2)cc1OC. The number of methoxy groups -OCH3 is 2. The van der Waals surface area contributed by atoms with Gasteiger partial charge >= 0.3 is 0 Å². The van der Waals surface area contributed by atoms with Crippen LogP contribution < -0.4 is 14.8 Å². The predicted molar refractivity (Wildman–Crippen MR) is 127 cm³/mol. The Labute approximate surface area is 190 Å². The van der Waals surface area contributed by atoms with E-state index in [1.165, 1.54) is 16.5 Å². The van der Waals surface area contributed by atoms with Crippen LogP contribution in [0, 0.1) is 5.92 Å². The van der Waals surface area contributed by atoms with Gasteiger partial charge in [0.2, 0.25) is 5.91 Å². The molecule has 1 saturated heterocycles. The number of aromatic nitrogens is 1. The summed E-state index contributed by atoms with van der Waals surface area (Å²) in [7, 11) is 5.34. The Morgan fingerprint density at radius 1 is 1.09 bits per heavy atom. The normalized spacial score (nSPS) is 16.1. The summed E-state index contributed by atoms with van der Waals surface area (Å²) in [6, 6.07) is 14.2. The van der Waals surface area contributed by atoms with Crippen LogP contribution in [0.15, 0.2) is 48.7 Å². The average molecular weight is 436 g/mol. The minimum absolute atomic E-state index is 0.0568. The van der Waals surface area contributed by atoms with Gasteiger partial charge in [0.05, 0.1) is 20.3 Å². The molecule has 6 nitrogen and oxygen atoms in total. The van der Waals surface area contributed by atoms with Gasteiger partial charge in [0.15, 0.2) is 11.5 Å². The number of aryl methyl sites for hydroxylation is 1. The molecule has 0 radical (unpaired) electrons. The van der Waals surface area contributed by atoms with Gasteiger partial charge in [-0.05, 0) is 62.2 Å². The Bertz CT molecular complexity index is 1080. The molecular formula is C26H33N3O3. The number of likely N-dealkylation sites (tertiary alicyclic amines) is 1. The second-order valence-electron chi connectivity index (χ2n) is 8.68. The molecule has 32 heavy (non-hydrogen) atoms. The van der Waals surface area contributed by atoms with E-state index in [0.29, 0.717) is 11.5 Å². The molecule has 0 unspecified atom stereocenters. The lowest BCUT2D eigenvalue weighted by atomic mass is 9.94. The lowest BCUT2D eigenvalue weighted by molar-refractivity contribution is -0.127. The van der Waals surface area contributed by atoms with Crippen molar-refractivity contribution in [3.05, 3.63) is 59.8 Å². The zero-order valence-corrected chi connectivity index (χ0v) is 19.4. The van der Waals surface area contributed by atoms with Gasteiger partial charge in [-0.25, -0.2) is 0 Å². The molecule has 1 aliphatic heterocycles. The predicted octanol–water partition coefficient (Wildman–Crippen LogP) is 4.28. The summed E-state index contributed by atoms with van der Waals surface area (Å²) in [6.07, 6.45) is 4.00. The van der Waals surface area contributed by atoms with Gasteiger partial charge in [0.1, 0.15) is 0 Å². The second-order valence-corrected chi connectivity index (χ2v) is 8.68. The molecule has 0 aliphatic carbocycles. The van der Waals surface area contributed by atoms with Crippen LogP contribution in [0.2, 0.25) is 0 Å². The van der Waals surface area contributed by atoms with Crippen molar-refractivity contribution in [2.75, 3.05) is 27.3 Å². The summed E-state index contributed by atoms with van der Waals surface area (Å²) in [4.78, 5) is 15.4. The molecule has 0 bridgehead atoms. The number of nitrogens with zero attached hydrogens (tertiary/aromatic N) is 2. The first-order valence-corrected chi connectivity index (χ1v) is 11.3. The van der Waals surface area contributed by atoms with Crippen molar-refractivity contribution in [1.82, 2.24) is 14.8 Å². The zero-order chi connectivity index (χ0) is 22.7. The Balaban J connectivity index is 1.32. The average Bonchev–Trinajstić information content (AvgIpc) is 3.14. The lowest BCUT2D eigenvalue weighted by Crippen LogP contribution is -2.40. The van der Waals surface area contributed by atoms with Gasteiger partial charge in [0.25, 0.3) is 0 Å². The van der Waals surface area contributed by atoms with Crippen LogP contribution in [-0.4, -0.2) is 42.7 Å². The monoisotopic (exact) mass is 435 g/mol. The molecule has 170 valence electrons. The standard InChI is InChI=1S/C26H33N3O3/c1-18(20-9-10-24(31-3)25(15-20)32-4)27-26(30)19-11-13-29(14-12-19)17-21-16-28(2)23-8-6-5-7-22(21)23/h5-10,15-16,18-19H,11-14,17H2,1-4H3,(H,27,30)/t18-/m0/s1. The van der Waals surface area contributed by atoms with Gasteiger partial charge < -0.3 is 19.4 Å². The number of nitrogens with one attached hydrogen (secondary N) is 1. The quantitative estimate of drug-likeness (QED) is 0.602. The van der Waals surface area contributed by atoms with E-state index in [-0.39, 0.29) is 17.9 Å². The van der Waals surface area contributed by atoms with Gasteiger partial charge in [-0.3, -0.25) is 9.69 Å². The molecule has 1 amide bonds. The molecule has 1 fully saturated rings. The number of benzene rings is 2. The highest BCUT2D eigenvalue weighted by molar-refractivity contribution is 5.83. The number of hydrogen-bond donors (Lipinski definition) is 1. The molecule has 2 aromatic carbocycles. The fourth-order valence-electron chi connectivity index (χ4n) is 4.68. The molecule has 2 heterocycles. The molecule has 1 aromatic heterocycles.